The van der Waals surface area contributed by atoms with Gasteiger partial charge in [-0.15, -0.1) is 0 Å². The number of anilines is 1. The van der Waals surface area contributed by atoms with Gasteiger partial charge in [-0.05, 0) is 23.8 Å². The van der Waals surface area contributed by atoms with Gasteiger partial charge in [-0.2, -0.15) is 0 Å². The maximum absolute atomic E-state index is 11.7. The molecule has 90 valence electrons. The number of carbonyl (C=O) groups excluding carboxylic acids is 2. The molecule has 5 nitrogen and oxygen atoms in total. The van der Waals surface area contributed by atoms with Crippen LogP contribution in [-0.4, -0.2) is 32.1 Å². The van der Waals surface area contributed by atoms with Crippen LogP contribution in [0, 0.1) is 0 Å². The smallest absolute Gasteiger partial charge is 0.228 e. The number of hydrogen-bond acceptors (Lipinski definition) is 4. The fourth-order valence-electron chi connectivity index (χ4n) is 1.72. The Hall–Kier alpha value is -1.69. The molecule has 0 saturated heterocycles. The highest BCUT2D eigenvalue weighted by atomic mass is 32.2. The molecule has 0 fully saturated rings. The van der Waals surface area contributed by atoms with E-state index in [0.29, 0.717) is 11.3 Å². The number of ketones is 1. The molecule has 6 heteroatoms. The summed E-state index contributed by atoms with van der Waals surface area (Å²) in [5.74, 6) is -1.07. The van der Waals surface area contributed by atoms with Crippen molar-refractivity contribution in [1.29, 1.82) is 0 Å². The van der Waals surface area contributed by atoms with Crippen LogP contribution in [0.5, 0.6) is 0 Å². The number of carbonyl (C=O) groups is 2. The van der Waals surface area contributed by atoms with E-state index in [0.717, 1.165) is 11.8 Å². The first-order valence-electron chi connectivity index (χ1n) is 4.99. The lowest BCUT2D eigenvalue weighted by Gasteiger charge is -2.02. The topological polar surface area (TPSA) is 80.3 Å². The Morgan fingerprint density at radius 2 is 2.12 bits per heavy atom. The fraction of sp³-hybridized carbons (Fsp3) is 0.273. The summed E-state index contributed by atoms with van der Waals surface area (Å²) in [5, 5.41) is 2.64. The number of amides is 1. The van der Waals surface area contributed by atoms with E-state index in [-0.39, 0.29) is 12.3 Å². The third kappa shape index (κ3) is 2.71. The zero-order chi connectivity index (χ0) is 12.6. The summed E-state index contributed by atoms with van der Waals surface area (Å²) in [5.41, 5.74) is 1.74. The van der Waals surface area contributed by atoms with E-state index >= 15 is 0 Å². The lowest BCUT2D eigenvalue weighted by Crippen LogP contribution is -2.14. The number of Topliss-reactive ketones (excluding diaryl/α,β-unsaturated/α-hetero) is 1. The Bertz CT molecular complexity index is 604. The molecule has 0 aromatic heterocycles. The Kier molecular flexibility index (Phi) is 2.74. The van der Waals surface area contributed by atoms with Crippen LogP contribution in [-0.2, 0) is 21.1 Å². The van der Waals surface area contributed by atoms with E-state index in [1.54, 1.807) is 12.1 Å². The highest BCUT2D eigenvalue weighted by Gasteiger charge is 2.20. The molecule has 0 spiro atoms. The van der Waals surface area contributed by atoms with Crippen molar-refractivity contribution in [1.82, 2.24) is 0 Å². The van der Waals surface area contributed by atoms with Crippen LogP contribution in [0.4, 0.5) is 5.69 Å². The van der Waals surface area contributed by atoms with E-state index in [1.807, 2.05) is 0 Å². The molecule has 0 aliphatic carbocycles. The highest BCUT2D eigenvalue weighted by molar-refractivity contribution is 7.91. The summed E-state index contributed by atoms with van der Waals surface area (Å²) in [4.78, 5) is 22.8. The van der Waals surface area contributed by atoms with E-state index < -0.39 is 21.4 Å². The van der Waals surface area contributed by atoms with Gasteiger partial charge in [0.15, 0.2) is 15.6 Å². The number of hydrogen-bond donors (Lipinski definition) is 1. The highest BCUT2D eigenvalue weighted by Crippen LogP contribution is 2.24. The molecule has 0 bridgehead atoms. The molecule has 1 aliphatic heterocycles. The Morgan fingerprint density at radius 3 is 2.76 bits per heavy atom. The molecular weight excluding hydrogens is 242 g/mol. The fourth-order valence-corrected chi connectivity index (χ4v) is 2.37. The molecule has 1 aromatic carbocycles. The minimum atomic E-state index is -3.33. The van der Waals surface area contributed by atoms with Crippen LogP contribution in [0.3, 0.4) is 0 Å². The van der Waals surface area contributed by atoms with Crippen molar-refractivity contribution in [3.63, 3.8) is 0 Å². The molecule has 0 radical (unpaired) electrons. The number of sulfone groups is 1. The maximum Gasteiger partial charge on any atom is 0.228 e. The second-order valence-corrected chi connectivity index (χ2v) is 6.23. The molecule has 1 amide bonds. The third-order valence-corrected chi connectivity index (χ3v) is 3.23. The van der Waals surface area contributed by atoms with Crippen LogP contribution >= 0.6 is 0 Å². The summed E-state index contributed by atoms with van der Waals surface area (Å²) < 4.78 is 22.0. The van der Waals surface area contributed by atoms with Crippen LogP contribution in [0.1, 0.15) is 15.9 Å². The normalized spacial score (nSPS) is 14.3. The molecule has 1 heterocycles. The first kappa shape index (κ1) is 11.8. The number of benzene rings is 1. The zero-order valence-electron chi connectivity index (χ0n) is 9.19. The van der Waals surface area contributed by atoms with Crippen molar-refractivity contribution in [3.8, 4) is 0 Å². The second-order valence-electron chi connectivity index (χ2n) is 4.09. The predicted octanol–water partition coefficient (Wildman–Crippen LogP) is 0.409. The van der Waals surface area contributed by atoms with Crippen molar-refractivity contribution >= 4 is 27.2 Å². The van der Waals surface area contributed by atoms with Gasteiger partial charge >= 0.3 is 0 Å². The predicted molar refractivity (Wildman–Crippen MR) is 62.8 cm³/mol. The summed E-state index contributed by atoms with van der Waals surface area (Å²) in [6, 6.07) is 4.72. The molecule has 0 unspecified atom stereocenters. The Morgan fingerprint density at radius 1 is 1.41 bits per heavy atom. The molecule has 0 atom stereocenters. The van der Waals surface area contributed by atoms with E-state index in [1.165, 1.54) is 6.07 Å². The monoisotopic (exact) mass is 253 g/mol. The average molecular weight is 253 g/mol. The first-order chi connectivity index (χ1) is 7.85. The SMILES string of the molecule is CS(=O)(=O)CC(=O)c1ccc2c(c1)CC(=O)N2. The van der Waals surface area contributed by atoms with Crippen LogP contribution in [0.2, 0.25) is 0 Å². The molecule has 1 aliphatic rings. The summed E-state index contributed by atoms with van der Waals surface area (Å²) >= 11 is 0. The van der Waals surface area contributed by atoms with Gasteiger partial charge in [0, 0.05) is 17.5 Å². The average Bonchev–Trinajstić information content (AvgIpc) is 2.53. The number of rotatable bonds is 3. The first-order valence-corrected chi connectivity index (χ1v) is 7.05. The summed E-state index contributed by atoms with van der Waals surface area (Å²) in [6.07, 6.45) is 1.25. The van der Waals surface area contributed by atoms with Crippen LogP contribution in [0.25, 0.3) is 0 Å². The zero-order valence-corrected chi connectivity index (χ0v) is 10.0. The molecule has 0 saturated carbocycles. The van der Waals surface area contributed by atoms with Gasteiger partial charge in [0.2, 0.25) is 5.91 Å². The quantitative estimate of drug-likeness (QED) is 0.791. The largest absolute Gasteiger partial charge is 0.326 e. The number of fused-ring (bicyclic) bond motifs is 1. The van der Waals surface area contributed by atoms with Crippen molar-refractivity contribution in [2.75, 3.05) is 17.3 Å². The number of nitrogens with one attached hydrogen (secondary N) is 1. The van der Waals surface area contributed by atoms with Crippen molar-refractivity contribution in [3.05, 3.63) is 29.3 Å². The molecule has 1 aromatic rings. The van der Waals surface area contributed by atoms with Gasteiger partial charge in [-0.3, -0.25) is 9.59 Å². The molecule has 1 N–H and O–H groups in total. The molecular formula is C11H11NO4S. The van der Waals surface area contributed by atoms with Crippen LogP contribution in [0.15, 0.2) is 18.2 Å². The van der Waals surface area contributed by atoms with E-state index in [9.17, 15) is 18.0 Å². The minimum absolute atomic E-state index is 0.118. The van der Waals surface area contributed by atoms with Crippen molar-refractivity contribution < 1.29 is 18.0 Å². The van der Waals surface area contributed by atoms with Gasteiger partial charge in [0.1, 0.15) is 5.75 Å². The minimum Gasteiger partial charge on any atom is -0.326 e. The van der Waals surface area contributed by atoms with E-state index in [4.69, 9.17) is 0 Å². The lowest BCUT2D eigenvalue weighted by molar-refractivity contribution is -0.115. The second kappa shape index (κ2) is 3.96. The molecule has 17 heavy (non-hydrogen) atoms. The van der Waals surface area contributed by atoms with Gasteiger partial charge < -0.3 is 5.32 Å². The van der Waals surface area contributed by atoms with Gasteiger partial charge in [-0.25, -0.2) is 8.42 Å². The Balaban J connectivity index is 2.27. The molecule has 2 rings (SSSR count). The summed E-state index contributed by atoms with van der Waals surface area (Å²) in [7, 11) is -3.33. The van der Waals surface area contributed by atoms with Crippen molar-refractivity contribution in [2.24, 2.45) is 0 Å². The van der Waals surface area contributed by atoms with Crippen LogP contribution < -0.4 is 5.32 Å². The Labute approximate surface area is 98.7 Å². The summed E-state index contributed by atoms with van der Waals surface area (Å²) in [6.45, 7) is 0. The lowest BCUT2D eigenvalue weighted by atomic mass is 10.1. The van der Waals surface area contributed by atoms with E-state index in [2.05, 4.69) is 5.32 Å². The van der Waals surface area contributed by atoms with Gasteiger partial charge in [-0.1, -0.05) is 0 Å². The van der Waals surface area contributed by atoms with Crippen molar-refractivity contribution in [2.45, 2.75) is 6.42 Å². The van der Waals surface area contributed by atoms with Gasteiger partial charge in [0.05, 0.1) is 6.42 Å². The standard InChI is InChI=1S/C11H11NO4S/c1-17(15,16)6-10(13)7-2-3-9-8(4-7)5-11(14)12-9/h2-4H,5-6H2,1H3,(H,12,14). The third-order valence-electron chi connectivity index (χ3n) is 2.45. The van der Waals surface area contributed by atoms with Gasteiger partial charge in [0.25, 0.3) is 0 Å². The maximum atomic E-state index is 11.7.